The van der Waals surface area contributed by atoms with Crippen LogP contribution in [0.5, 0.6) is 0 Å². The van der Waals surface area contributed by atoms with E-state index in [0.717, 1.165) is 36.9 Å². The Balaban J connectivity index is 2.27. The van der Waals surface area contributed by atoms with Crippen molar-refractivity contribution in [1.82, 2.24) is 14.9 Å². The molecule has 1 N–H and O–H groups in total. The van der Waals surface area contributed by atoms with Crippen LogP contribution in [0.15, 0.2) is 0 Å². The smallest absolute Gasteiger partial charge is 0.209 e. The minimum Gasteiger partial charge on any atom is -0.352 e. The Labute approximate surface area is 125 Å². The summed E-state index contributed by atoms with van der Waals surface area (Å²) in [4.78, 5) is 1.93. The van der Waals surface area contributed by atoms with Gasteiger partial charge in [-0.1, -0.05) is 0 Å². The van der Waals surface area contributed by atoms with Crippen molar-refractivity contribution < 1.29 is 8.42 Å². The highest BCUT2D eigenvalue weighted by atomic mass is 32.2. The monoisotopic (exact) mass is 309 g/mol. The minimum atomic E-state index is -3.24. The standard InChI is InChI=1S/C13H19N5O2S/c1-9-10(2)15-16-13(12(9)7-14)18-6-4-5-11(8-18)17-21(3,19)20/h11,17H,4-6,8H2,1-3H3/t11-/m0/s1. The number of anilines is 1. The first-order valence-electron chi connectivity index (χ1n) is 6.78. The van der Waals surface area contributed by atoms with Crippen LogP contribution in [0.4, 0.5) is 5.82 Å². The molecule has 1 aromatic rings. The van der Waals surface area contributed by atoms with Crippen molar-refractivity contribution in [3.8, 4) is 6.07 Å². The van der Waals surface area contributed by atoms with Crippen LogP contribution >= 0.6 is 0 Å². The molecule has 21 heavy (non-hydrogen) atoms. The van der Waals surface area contributed by atoms with E-state index in [2.05, 4.69) is 21.0 Å². The molecule has 1 fully saturated rings. The maximum atomic E-state index is 11.4. The molecule has 1 aliphatic heterocycles. The molecule has 7 nitrogen and oxygen atoms in total. The van der Waals surface area contributed by atoms with Crippen molar-refractivity contribution in [3.63, 3.8) is 0 Å². The highest BCUT2D eigenvalue weighted by Crippen LogP contribution is 2.24. The molecule has 0 amide bonds. The van der Waals surface area contributed by atoms with Gasteiger partial charge in [0, 0.05) is 19.1 Å². The number of nitriles is 1. The Kier molecular flexibility index (Phi) is 4.44. The SMILES string of the molecule is Cc1nnc(N2CCC[C@H](NS(C)(=O)=O)C2)c(C#N)c1C. The zero-order valence-electron chi connectivity index (χ0n) is 12.4. The van der Waals surface area contributed by atoms with E-state index in [9.17, 15) is 13.7 Å². The molecular weight excluding hydrogens is 290 g/mol. The Morgan fingerprint density at radius 1 is 1.38 bits per heavy atom. The average molecular weight is 309 g/mol. The van der Waals surface area contributed by atoms with Gasteiger partial charge in [0.05, 0.1) is 11.9 Å². The minimum absolute atomic E-state index is 0.163. The van der Waals surface area contributed by atoms with Gasteiger partial charge in [-0.3, -0.25) is 0 Å². The zero-order chi connectivity index (χ0) is 15.6. The van der Waals surface area contributed by atoms with Crippen LogP contribution < -0.4 is 9.62 Å². The summed E-state index contributed by atoms with van der Waals surface area (Å²) in [5.74, 6) is 0.542. The van der Waals surface area contributed by atoms with Gasteiger partial charge in [0.15, 0.2) is 5.82 Å². The highest BCUT2D eigenvalue weighted by molar-refractivity contribution is 7.88. The van der Waals surface area contributed by atoms with Gasteiger partial charge in [0.25, 0.3) is 0 Å². The third kappa shape index (κ3) is 3.68. The number of piperidine rings is 1. The highest BCUT2D eigenvalue weighted by Gasteiger charge is 2.26. The molecule has 1 aliphatic rings. The van der Waals surface area contributed by atoms with Gasteiger partial charge in [-0.2, -0.15) is 10.4 Å². The molecule has 0 bridgehead atoms. The summed E-state index contributed by atoms with van der Waals surface area (Å²) in [6.45, 7) is 4.91. The second-order valence-corrected chi connectivity index (χ2v) is 7.18. The number of hydrogen-bond donors (Lipinski definition) is 1. The summed E-state index contributed by atoms with van der Waals surface area (Å²) < 4.78 is 25.3. The fraction of sp³-hybridized carbons (Fsp3) is 0.615. The van der Waals surface area contributed by atoms with E-state index < -0.39 is 10.0 Å². The first kappa shape index (κ1) is 15.7. The molecule has 114 valence electrons. The number of nitrogens with one attached hydrogen (secondary N) is 1. The van der Waals surface area contributed by atoms with E-state index in [1.54, 1.807) is 0 Å². The quantitative estimate of drug-likeness (QED) is 0.872. The average Bonchev–Trinajstić information content (AvgIpc) is 2.40. The first-order chi connectivity index (χ1) is 9.81. The van der Waals surface area contributed by atoms with Crippen molar-refractivity contribution in [1.29, 1.82) is 5.26 Å². The molecule has 1 aromatic heterocycles. The number of aromatic nitrogens is 2. The lowest BCUT2D eigenvalue weighted by molar-refractivity contribution is 0.464. The van der Waals surface area contributed by atoms with Crippen LogP contribution in [0.3, 0.4) is 0 Å². The van der Waals surface area contributed by atoms with Gasteiger partial charge in [-0.05, 0) is 32.3 Å². The maximum Gasteiger partial charge on any atom is 0.209 e. The van der Waals surface area contributed by atoms with E-state index in [1.807, 2.05) is 18.7 Å². The normalized spacial score (nSPS) is 19.3. The molecule has 0 radical (unpaired) electrons. The molecule has 0 unspecified atom stereocenters. The zero-order valence-corrected chi connectivity index (χ0v) is 13.2. The first-order valence-corrected chi connectivity index (χ1v) is 8.67. The molecule has 0 aliphatic carbocycles. The van der Waals surface area contributed by atoms with Crippen molar-refractivity contribution in [2.45, 2.75) is 32.7 Å². The van der Waals surface area contributed by atoms with Gasteiger partial charge >= 0.3 is 0 Å². The second-order valence-electron chi connectivity index (χ2n) is 5.40. The predicted octanol–water partition coefficient (Wildman–Crippen LogP) is 0.483. The summed E-state index contributed by atoms with van der Waals surface area (Å²) in [6.07, 6.45) is 2.78. The number of nitrogens with zero attached hydrogens (tertiary/aromatic N) is 4. The molecule has 0 spiro atoms. The van der Waals surface area contributed by atoms with E-state index in [0.29, 0.717) is 17.9 Å². The molecule has 1 atom stereocenters. The topological polar surface area (TPSA) is 99.0 Å². The molecule has 2 rings (SSSR count). The molecular formula is C13H19N5O2S. The van der Waals surface area contributed by atoms with Crippen LogP contribution in [0.2, 0.25) is 0 Å². The molecule has 0 saturated carbocycles. The summed E-state index contributed by atoms with van der Waals surface area (Å²) in [5, 5.41) is 17.6. The number of sulfonamides is 1. The van der Waals surface area contributed by atoms with Crippen LogP contribution in [-0.4, -0.2) is 44.0 Å². The van der Waals surface area contributed by atoms with Gasteiger partial charge < -0.3 is 4.90 Å². The molecule has 1 saturated heterocycles. The Bertz CT molecular complexity index is 681. The van der Waals surface area contributed by atoms with Crippen molar-refractivity contribution in [3.05, 3.63) is 16.8 Å². The third-order valence-corrected chi connectivity index (χ3v) is 4.41. The van der Waals surface area contributed by atoms with E-state index in [-0.39, 0.29) is 6.04 Å². The fourth-order valence-electron chi connectivity index (χ4n) is 2.52. The van der Waals surface area contributed by atoms with Crippen molar-refractivity contribution >= 4 is 15.8 Å². The van der Waals surface area contributed by atoms with Crippen LogP contribution in [0.1, 0.15) is 29.7 Å². The van der Waals surface area contributed by atoms with Gasteiger partial charge in [0.1, 0.15) is 11.6 Å². The van der Waals surface area contributed by atoms with Crippen LogP contribution in [-0.2, 0) is 10.0 Å². The van der Waals surface area contributed by atoms with Gasteiger partial charge in [0.2, 0.25) is 10.0 Å². The van der Waals surface area contributed by atoms with E-state index >= 15 is 0 Å². The van der Waals surface area contributed by atoms with E-state index in [1.165, 1.54) is 0 Å². The van der Waals surface area contributed by atoms with Crippen molar-refractivity contribution in [2.24, 2.45) is 0 Å². The Hall–Kier alpha value is -1.72. The summed E-state index contributed by atoms with van der Waals surface area (Å²) in [6, 6.07) is 2.02. The maximum absolute atomic E-state index is 11.4. The van der Waals surface area contributed by atoms with Crippen LogP contribution in [0.25, 0.3) is 0 Å². The largest absolute Gasteiger partial charge is 0.352 e. The van der Waals surface area contributed by atoms with Crippen molar-refractivity contribution in [2.75, 3.05) is 24.2 Å². The lowest BCUT2D eigenvalue weighted by Crippen LogP contribution is -2.48. The number of aryl methyl sites for hydroxylation is 1. The summed E-state index contributed by atoms with van der Waals surface area (Å²) in [7, 11) is -3.24. The predicted molar refractivity (Wildman–Crippen MR) is 79.4 cm³/mol. The summed E-state index contributed by atoms with van der Waals surface area (Å²) >= 11 is 0. The number of rotatable bonds is 3. The van der Waals surface area contributed by atoms with Gasteiger partial charge in [-0.15, -0.1) is 5.10 Å². The molecule has 8 heteroatoms. The molecule has 2 heterocycles. The summed E-state index contributed by atoms with van der Waals surface area (Å²) in [5.41, 5.74) is 2.07. The van der Waals surface area contributed by atoms with E-state index in [4.69, 9.17) is 0 Å². The fourth-order valence-corrected chi connectivity index (χ4v) is 3.32. The lowest BCUT2D eigenvalue weighted by atomic mass is 10.0. The van der Waals surface area contributed by atoms with Gasteiger partial charge in [-0.25, -0.2) is 13.1 Å². The Morgan fingerprint density at radius 3 is 2.71 bits per heavy atom. The van der Waals surface area contributed by atoms with Crippen LogP contribution in [0, 0.1) is 25.2 Å². The second kappa shape index (κ2) is 5.95. The number of hydrogen-bond acceptors (Lipinski definition) is 6. The third-order valence-electron chi connectivity index (χ3n) is 3.65. The molecule has 0 aromatic carbocycles. The Morgan fingerprint density at radius 2 is 2.10 bits per heavy atom. The lowest BCUT2D eigenvalue weighted by Gasteiger charge is -2.33.